The number of benzene rings is 2. The van der Waals surface area contributed by atoms with Crippen LogP contribution < -0.4 is 15.5 Å². The fraction of sp³-hybridized carbons (Fsp3) is 0.520. The Morgan fingerprint density at radius 1 is 0.685 bits per heavy atom. The molecule has 20 nitrogen and oxygen atoms in total. The van der Waals surface area contributed by atoms with E-state index >= 15 is 0 Å². The minimum absolute atomic E-state index is 0.00969. The van der Waals surface area contributed by atoms with Crippen LogP contribution in [0.3, 0.4) is 0 Å². The molecule has 0 spiro atoms. The van der Waals surface area contributed by atoms with Crippen LogP contribution in [0.15, 0.2) is 82.3 Å². The first-order valence-corrected chi connectivity index (χ1v) is 29.2. The van der Waals surface area contributed by atoms with E-state index in [0.29, 0.717) is 111 Å². The summed E-state index contributed by atoms with van der Waals surface area (Å²) in [4.78, 5) is 68.4. The molecule has 1 fully saturated rings. The summed E-state index contributed by atoms with van der Waals surface area (Å²) in [5.74, 6) is -2.73. The van der Waals surface area contributed by atoms with Gasteiger partial charge in [0.2, 0.25) is 17.5 Å². The van der Waals surface area contributed by atoms with Crippen molar-refractivity contribution in [2.45, 2.75) is 144 Å². The highest BCUT2D eigenvalue weighted by Crippen LogP contribution is 2.52. The zero-order valence-electron chi connectivity index (χ0n) is 41.2. The van der Waals surface area contributed by atoms with Crippen LogP contribution in [0, 0.1) is 0 Å². The van der Waals surface area contributed by atoms with E-state index in [2.05, 4.69) is 15.5 Å². The molecule has 0 aromatic heterocycles. The lowest BCUT2D eigenvalue weighted by Crippen LogP contribution is -2.34. The SMILES string of the molecule is CC1(CCCCCC(=O)ON2C(=O)CCC2=O)C2=CC=CC=CC3=[N+](CCCCCC(=O)NCCNC(=O)CCCCCN2c2ccc(S(=O)(=O)O)cc21)c1ccc(S(=O)(=O)O)cc1C3(C)CCCS(=O)(=O)O. The molecule has 0 radical (unpaired) electrons. The van der Waals surface area contributed by atoms with Gasteiger partial charge in [0.25, 0.3) is 42.2 Å². The lowest BCUT2D eigenvalue weighted by molar-refractivity contribution is -0.438. The number of amides is 4. The summed E-state index contributed by atoms with van der Waals surface area (Å²) in [6, 6.07) is 8.73. The summed E-state index contributed by atoms with van der Waals surface area (Å²) >= 11 is 0. The van der Waals surface area contributed by atoms with E-state index in [1.54, 1.807) is 24.3 Å². The topological polar surface area (TPSA) is 291 Å². The lowest BCUT2D eigenvalue weighted by Gasteiger charge is -2.30. The highest BCUT2D eigenvalue weighted by Gasteiger charge is 2.48. The van der Waals surface area contributed by atoms with Gasteiger partial charge in [-0.1, -0.05) is 37.5 Å². The van der Waals surface area contributed by atoms with Crippen LogP contribution in [0.2, 0.25) is 0 Å². The predicted octanol–water partition coefficient (Wildman–Crippen LogP) is 5.90. The number of carbonyl (C=O) groups is 5. The number of fused-ring (bicyclic) bond motifs is 5. The maximum Gasteiger partial charge on any atom is 0.333 e. The molecular formula is C50H66N5O15S3+. The second-order valence-corrected chi connectivity index (χ2v) is 23.7. The van der Waals surface area contributed by atoms with Crippen molar-refractivity contribution < 1.29 is 72.3 Å². The van der Waals surface area contributed by atoms with E-state index in [1.165, 1.54) is 24.3 Å². The van der Waals surface area contributed by atoms with E-state index in [0.717, 1.165) is 5.70 Å². The van der Waals surface area contributed by atoms with Crippen molar-refractivity contribution in [3.63, 3.8) is 0 Å². The van der Waals surface area contributed by atoms with Gasteiger partial charge in [-0.15, -0.1) is 5.06 Å². The molecule has 73 heavy (non-hydrogen) atoms. The van der Waals surface area contributed by atoms with E-state index in [4.69, 9.17) is 4.84 Å². The third-order valence-electron chi connectivity index (χ3n) is 13.9. The summed E-state index contributed by atoms with van der Waals surface area (Å²) in [5, 5.41) is 6.20. The Morgan fingerprint density at radius 2 is 1.29 bits per heavy atom. The van der Waals surface area contributed by atoms with Crippen molar-refractivity contribution in [1.29, 1.82) is 0 Å². The Kier molecular flexibility index (Phi) is 18.8. The first-order valence-electron chi connectivity index (χ1n) is 24.7. The maximum absolute atomic E-state index is 12.7. The fourth-order valence-corrected chi connectivity index (χ4v) is 11.7. The molecule has 0 aliphatic carbocycles. The molecule has 2 atom stereocenters. The number of imide groups is 1. The molecule has 398 valence electrons. The van der Waals surface area contributed by atoms with Gasteiger partial charge in [0.15, 0.2) is 5.71 Å². The van der Waals surface area contributed by atoms with Crippen molar-refractivity contribution in [1.82, 2.24) is 15.7 Å². The normalized spacial score (nSPS) is 22.1. The largest absolute Gasteiger partial charge is 0.354 e. The molecule has 1 saturated heterocycles. The number of carbonyl (C=O) groups excluding carboxylic acids is 5. The number of hydrogen-bond donors (Lipinski definition) is 5. The second-order valence-electron chi connectivity index (χ2n) is 19.3. The zero-order valence-corrected chi connectivity index (χ0v) is 43.7. The summed E-state index contributed by atoms with van der Waals surface area (Å²) in [6.45, 7) is 5.22. The smallest absolute Gasteiger partial charge is 0.333 e. The molecule has 6 rings (SSSR count). The average molecular weight is 1070 g/mol. The highest BCUT2D eigenvalue weighted by atomic mass is 32.2. The Balaban J connectivity index is 1.37. The Labute approximate surface area is 427 Å². The third-order valence-corrected chi connectivity index (χ3v) is 16.4. The van der Waals surface area contributed by atoms with Gasteiger partial charge in [0.05, 0.1) is 21.0 Å². The first-order chi connectivity index (χ1) is 34.4. The summed E-state index contributed by atoms with van der Waals surface area (Å²) in [5.41, 5.74) is 2.13. The maximum atomic E-state index is 12.7. The molecule has 4 aliphatic rings. The van der Waals surface area contributed by atoms with Gasteiger partial charge in [0.1, 0.15) is 6.54 Å². The van der Waals surface area contributed by atoms with E-state index in [-0.39, 0.29) is 79.6 Å². The monoisotopic (exact) mass is 1070 g/mol. The van der Waals surface area contributed by atoms with Crippen LogP contribution >= 0.6 is 0 Å². The van der Waals surface area contributed by atoms with Crippen LogP contribution in [0.5, 0.6) is 0 Å². The molecule has 4 heterocycles. The average Bonchev–Trinajstić information content (AvgIpc) is 3.84. The molecule has 2 aromatic rings. The van der Waals surface area contributed by atoms with Crippen LogP contribution in [-0.4, -0.2) is 116 Å². The first kappa shape index (κ1) is 56.7. The van der Waals surface area contributed by atoms with Gasteiger partial charge in [-0.3, -0.25) is 32.8 Å². The summed E-state index contributed by atoms with van der Waals surface area (Å²) in [6.07, 6.45) is 15.3. The summed E-state index contributed by atoms with van der Waals surface area (Å²) < 4.78 is 106. The van der Waals surface area contributed by atoms with E-state index in [1.807, 2.05) is 36.7 Å². The summed E-state index contributed by atoms with van der Waals surface area (Å²) in [7, 11) is -13.6. The number of allylic oxidation sites excluding steroid dienone is 6. The number of unbranched alkanes of at least 4 members (excludes halogenated alkanes) is 2. The molecule has 23 heteroatoms. The second kappa shape index (κ2) is 24.2. The number of anilines is 1. The van der Waals surface area contributed by atoms with Gasteiger partial charge in [-0.2, -0.15) is 29.8 Å². The van der Waals surface area contributed by atoms with Crippen LogP contribution in [0.1, 0.15) is 134 Å². The van der Waals surface area contributed by atoms with Crippen LogP contribution in [0.4, 0.5) is 11.4 Å². The fourth-order valence-electron chi connectivity index (χ4n) is 10.1. The van der Waals surface area contributed by atoms with Crippen molar-refractivity contribution >= 4 is 77.0 Å². The Bertz CT molecular complexity index is 2920. The molecular weight excluding hydrogens is 1010 g/mol. The quantitative estimate of drug-likeness (QED) is 0.0675. The molecule has 2 aromatic carbocycles. The third kappa shape index (κ3) is 14.6. The molecule has 4 amide bonds. The lowest BCUT2D eigenvalue weighted by atomic mass is 9.76. The molecule has 5 N–H and O–H groups in total. The molecule has 4 aliphatic heterocycles. The minimum Gasteiger partial charge on any atom is -0.354 e. The van der Waals surface area contributed by atoms with Crippen molar-refractivity contribution in [2.24, 2.45) is 0 Å². The van der Waals surface area contributed by atoms with Crippen molar-refractivity contribution in [3.05, 3.63) is 83.6 Å². The number of nitrogens with one attached hydrogen (secondary N) is 2. The number of hydrogen-bond acceptors (Lipinski definition) is 13. The van der Waals surface area contributed by atoms with Gasteiger partial charge in [-0.05, 0) is 107 Å². The van der Waals surface area contributed by atoms with Gasteiger partial charge in [0, 0.05) is 92.7 Å². The van der Waals surface area contributed by atoms with Crippen molar-refractivity contribution in [3.8, 4) is 0 Å². The van der Waals surface area contributed by atoms with Crippen LogP contribution in [-0.2, 0) is 70.0 Å². The van der Waals surface area contributed by atoms with E-state index in [9.17, 15) is 62.9 Å². The highest BCUT2D eigenvalue weighted by molar-refractivity contribution is 7.86. The molecule has 0 saturated carbocycles. The predicted molar refractivity (Wildman–Crippen MR) is 270 cm³/mol. The molecule has 0 bridgehead atoms. The van der Waals surface area contributed by atoms with Gasteiger partial charge in [-0.25, -0.2) is 4.79 Å². The van der Waals surface area contributed by atoms with Gasteiger partial charge < -0.3 is 20.4 Å². The molecule has 2 unspecified atom stereocenters. The standard InChI is InChI=1S/C50H65N5O15S3/c1-49(27-12-4-11-20-48(60)70-55-46(58)25-26-47(55)59)38-34-36(72(64,65)66)21-23-40(38)53-31-13-5-9-18-44(56)51-29-30-52-45(57)19-10-6-14-32-54-41-24-22-37(73(67,68)69)35-39(41)50(2,28-15-33-71(61,62)63)43(54)17-8-3-7-16-42(49)53/h3,7-8,16-17,21-24,34-35H,4-6,9-15,18-20,25-33H2,1-2H3,(H4-,51,52,56,57,61,62,63,64,65,66,67,68,69)/p+1. The van der Waals surface area contributed by atoms with Gasteiger partial charge >= 0.3 is 5.97 Å². The minimum atomic E-state index is -4.64. The zero-order chi connectivity index (χ0) is 53.2. The number of rotatable bonds is 13. The number of hydroxylamine groups is 2. The Morgan fingerprint density at radius 3 is 1.92 bits per heavy atom. The van der Waals surface area contributed by atoms with Crippen molar-refractivity contribution in [2.75, 3.05) is 36.8 Å². The van der Waals surface area contributed by atoms with Crippen LogP contribution in [0.25, 0.3) is 0 Å². The van der Waals surface area contributed by atoms with E-state index < -0.39 is 64.7 Å². The Hall–Kier alpha value is -5.59. The number of nitrogens with zero attached hydrogens (tertiary/aromatic N) is 3.